The average Bonchev–Trinajstić information content (AvgIpc) is 2.82. The summed E-state index contributed by atoms with van der Waals surface area (Å²) >= 11 is -3.68. The molecule has 0 saturated heterocycles. The maximum absolute atomic E-state index is 3.68. The van der Waals surface area contributed by atoms with Crippen molar-refractivity contribution in [1.82, 2.24) is 9.80 Å². The molecule has 0 saturated carbocycles. The monoisotopic (exact) mass is 542 g/mol. The van der Waals surface area contributed by atoms with Gasteiger partial charge in [-0.3, -0.25) is 0 Å². The fourth-order valence-electron chi connectivity index (χ4n) is 5.08. The third kappa shape index (κ3) is 4.93. The molecule has 4 aromatic carbocycles. The molecule has 4 aromatic rings. The first kappa shape index (κ1) is 23.7. The van der Waals surface area contributed by atoms with Crippen LogP contribution < -0.4 is 14.3 Å². The fraction of sp³-hybridized carbons (Fsp3) is 0.200. The molecule has 0 aliphatic heterocycles. The molecule has 33 heavy (non-hydrogen) atoms. The van der Waals surface area contributed by atoms with Crippen LogP contribution in [0, 0.1) is 0 Å². The SMILES string of the molecule is CN(C)Cc1cccc(CN(C)C)[c]1[Sn]([c]1ccccc1)([c]1ccccc1)[c]1ccccc1. The first-order valence-corrected chi connectivity index (χ1v) is 17.3. The van der Waals surface area contributed by atoms with Crippen molar-refractivity contribution in [2.45, 2.75) is 13.1 Å². The van der Waals surface area contributed by atoms with E-state index < -0.39 is 18.4 Å². The molecular weight excluding hydrogens is 507 g/mol. The minimum atomic E-state index is -3.68. The number of hydrogen-bond donors (Lipinski definition) is 0. The molecule has 3 heteroatoms. The summed E-state index contributed by atoms with van der Waals surface area (Å²) in [5, 5.41) is 0. The first-order valence-electron chi connectivity index (χ1n) is 11.6. The molecule has 0 fully saturated rings. The Balaban J connectivity index is 2.19. The molecule has 0 radical (unpaired) electrons. The van der Waals surface area contributed by atoms with Gasteiger partial charge >= 0.3 is 204 Å². The van der Waals surface area contributed by atoms with Crippen LogP contribution in [0.3, 0.4) is 0 Å². The third-order valence-electron chi connectivity index (χ3n) is 6.21. The molecule has 0 aliphatic carbocycles. The number of hydrogen-bond acceptors (Lipinski definition) is 2. The van der Waals surface area contributed by atoms with Gasteiger partial charge in [-0.2, -0.15) is 0 Å². The Hall–Kier alpha value is -2.40. The second-order valence-electron chi connectivity index (χ2n) is 9.27. The van der Waals surface area contributed by atoms with E-state index in [4.69, 9.17) is 0 Å². The number of benzene rings is 4. The van der Waals surface area contributed by atoms with Crippen LogP contribution in [0.5, 0.6) is 0 Å². The molecule has 0 aliphatic rings. The topological polar surface area (TPSA) is 6.48 Å². The van der Waals surface area contributed by atoms with Gasteiger partial charge in [0.15, 0.2) is 0 Å². The van der Waals surface area contributed by atoms with Gasteiger partial charge in [0, 0.05) is 0 Å². The van der Waals surface area contributed by atoms with Gasteiger partial charge in [0.2, 0.25) is 0 Å². The zero-order valence-corrected chi connectivity index (χ0v) is 23.1. The van der Waals surface area contributed by atoms with E-state index in [0.717, 1.165) is 13.1 Å². The predicted molar refractivity (Wildman–Crippen MR) is 145 cm³/mol. The second-order valence-corrected chi connectivity index (χ2v) is 19.9. The van der Waals surface area contributed by atoms with Gasteiger partial charge in [0.05, 0.1) is 0 Å². The van der Waals surface area contributed by atoms with Gasteiger partial charge in [-0.15, -0.1) is 0 Å². The van der Waals surface area contributed by atoms with Gasteiger partial charge in [-0.1, -0.05) is 0 Å². The molecule has 0 amide bonds. The van der Waals surface area contributed by atoms with Gasteiger partial charge in [0.25, 0.3) is 0 Å². The number of rotatable bonds is 8. The van der Waals surface area contributed by atoms with E-state index in [2.05, 4.69) is 147 Å². The van der Waals surface area contributed by atoms with Gasteiger partial charge in [-0.25, -0.2) is 0 Å². The van der Waals surface area contributed by atoms with Crippen LogP contribution in [0.25, 0.3) is 0 Å². The molecule has 4 rings (SSSR count). The molecule has 0 N–H and O–H groups in total. The molecule has 0 heterocycles. The Morgan fingerprint density at radius 3 is 1.09 bits per heavy atom. The maximum atomic E-state index is 2.38. The minimum absolute atomic E-state index is 0.932. The van der Waals surface area contributed by atoms with E-state index >= 15 is 0 Å². The zero-order valence-electron chi connectivity index (χ0n) is 20.2. The van der Waals surface area contributed by atoms with Crippen LogP contribution in [0.1, 0.15) is 11.1 Å². The van der Waals surface area contributed by atoms with Crippen LogP contribution in [-0.2, 0) is 13.1 Å². The predicted octanol–water partition coefficient (Wildman–Crippen LogP) is 3.19. The third-order valence-corrected chi connectivity index (χ3v) is 20.4. The van der Waals surface area contributed by atoms with E-state index in [-0.39, 0.29) is 0 Å². The van der Waals surface area contributed by atoms with Crippen LogP contribution in [0.4, 0.5) is 0 Å². The first-order chi connectivity index (χ1) is 16.0. The standard InChI is InChI=1S/C12H19N2.3C6H5.Sn/c1-13(2)9-11-6-5-7-12(8-11)10-14(3)4;3*1-2-4-6-5-3-1;/h5-7H,9-10H2,1-4H3;3*1-5H;. The summed E-state index contributed by atoms with van der Waals surface area (Å²) in [6.07, 6.45) is 0. The molecule has 0 atom stereocenters. The Labute approximate surface area is 203 Å². The van der Waals surface area contributed by atoms with Gasteiger partial charge in [-0.05, 0) is 0 Å². The Kier molecular flexibility index (Phi) is 7.69. The summed E-state index contributed by atoms with van der Waals surface area (Å²) in [6, 6.07) is 40.9. The van der Waals surface area contributed by atoms with E-state index in [1.165, 1.54) is 21.9 Å². The number of nitrogens with zero attached hydrogens (tertiary/aromatic N) is 2. The van der Waals surface area contributed by atoms with E-state index in [1.807, 2.05) is 0 Å². The summed E-state index contributed by atoms with van der Waals surface area (Å²) in [5.41, 5.74) is 2.90. The van der Waals surface area contributed by atoms with Crippen LogP contribution >= 0.6 is 0 Å². The molecule has 0 unspecified atom stereocenters. The van der Waals surface area contributed by atoms with Crippen molar-refractivity contribution in [2.75, 3.05) is 28.2 Å². The van der Waals surface area contributed by atoms with Crippen molar-refractivity contribution in [3.8, 4) is 0 Å². The van der Waals surface area contributed by atoms with Crippen molar-refractivity contribution in [2.24, 2.45) is 0 Å². The van der Waals surface area contributed by atoms with Crippen LogP contribution in [0.2, 0.25) is 0 Å². The van der Waals surface area contributed by atoms with Gasteiger partial charge < -0.3 is 0 Å². The average molecular weight is 541 g/mol. The van der Waals surface area contributed by atoms with E-state index in [1.54, 1.807) is 3.58 Å². The van der Waals surface area contributed by atoms with Crippen LogP contribution in [-0.4, -0.2) is 56.4 Å². The molecule has 0 aromatic heterocycles. The van der Waals surface area contributed by atoms with E-state index in [0.29, 0.717) is 0 Å². The van der Waals surface area contributed by atoms with Crippen molar-refractivity contribution >= 4 is 32.7 Å². The molecule has 0 bridgehead atoms. The zero-order chi connectivity index (χ0) is 23.3. The summed E-state index contributed by atoms with van der Waals surface area (Å²) in [6.45, 7) is 1.86. The fourth-order valence-corrected chi connectivity index (χ4v) is 20.0. The Morgan fingerprint density at radius 2 is 0.788 bits per heavy atom. The summed E-state index contributed by atoms with van der Waals surface area (Å²) in [5.74, 6) is 0. The molecule has 2 nitrogen and oxygen atoms in total. The van der Waals surface area contributed by atoms with Gasteiger partial charge in [0.1, 0.15) is 0 Å². The molecule has 168 valence electrons. The van der Waals surface area contributed by atoms with E-state index in [9.17, 15) is 0 Å². The van der Waals surface area contributed by atoms with Crippen molar-refractivity contribution < 1.29 is 0 Å². The van der Waals surface area contributed by atoms with Crippen LogP contribution in [0.15, 0.2) is 109 Å². The Morgan fingerprint density at radius 1 is 0.455 bits per heavy atom. The normalized spacial score (nSPS) is 11.8. The molecular formula is C30H34N2Sn. The Bertz CT molecular complexity index is 1030. The second kappa shape index (κ2) is 10.7. The summed E-state index contributed by atoms with van der Waals surface area (Å²) < 4.78 is 6.08. The molecule has 0 spiro atoms. The van der Waals surface area contributed by atoms with Crippen molar-refractivity contribution in [3.63, 3.8) is 0 Å². The van der Waals surface area contributed by atoms with Crippen molar-refractivity contribution in [3.05, 3.63) is 120 Å². The summed E-state index contributed by atoms with van der Waals surface area (Å²) in [7, 11) is 8.70. The quantitative estimate of drug-likeness (QED) is 0.317. The van der Waals surface area contributed by atoms with Crippen molar-refractivity contribution in [1.29, 1.82) is 0 Å². The summed E-state index contributed by atoms with van der Waals surface area (Å²) in [4.78, 5) is 4.60.